The number of anilines is 1. The topological polar surface area (TPSA) is 361 Å². The maximum absolute atomic E-state index is 14.6. The van der Waals surface area contributed by atoms with Crippen molar-refractivity contribution in [2.45, 2.75) is 262 Å². The van der Waals surface area contributed by atoms with Gasteiger partial charge in [0.15, 0.2) is 8.32 Å². The Morgan fingerprint density at radius 1 is 0.798 bits per heavy atom. The lowest BCUT2D eigenvalue weighted by Gasteiger charge is -2.45. The van der Waals surface area contributed by atoms with Gasteiger partial charge < -0.3 is 55.8 Å². The maximum atomic E-state index is 14.6. The fourth-order valence-corrected chi connectivity index (χ4v) is 19.3. The van der Waals surface area contributed by atoms with Crippen molar-refractivity contribution < 1.29 is 75.4 Å². The van der Waals surface area contributed by atoms with Crippen LogP contribution in [-0.2, 0) is 69.2 Å². The van der Waals surface area contributed by atoms with Crippen LogP contribution in [0.25, 0.3) is 0 Å². The van der Waals surface area contributed by atoms with Crippen molar-refractivity contribution in [1.29, 1.82) is 11.9 Å². The van der Waals surface area contributed by atoms with Crippen LogP contribution in [0.5, 0.6) is 0 Å². The first-order valence-corrected chi connectivity index (χ1v) is 43.1. The van der Waals surface area contributed by atoms with E-state index in [1.807, 2.05) is 23.9 Å². The molecule has 4 saturated heterocycles. The summed E-state index contributed by atoms with van der Waals surface area (Å²) in [7, 11) is -10.3. The fourth-order valence-electron chi connectivity index (χ4n) is 12.2. The first kappa shape index (κ1) is 82.3. The molecule has 13 atom stereocenters. The zero-order valence-electron chi connectivity index (χ0n) is 62.0. The van der Waals surface area contributed by atoms with Crippen molar-refractivity contribution in [3.8, 4) is 12.1 Å². The minimum Gasteiger partial charge on any atom is -0.443 e. The number of hydrogen-bond donors (Lipinski definition) is 7. The quantitative estimate of drug-likeness (QED) is 0.0138. The number of unbranched alkanes of at least 4 members (excludes halogenated alkanes) is 8. The van der Waals surface area contributed by atoms with Gasteiger partial charge in [-0.2, -0.15) is 27.3 Å². The van der Waals surface area contributed by atoms with Gasteiger partial charge in [0.2, 0.25) is 17.7 Å². The van der Waals surface area contributed by atoms with Gasteiger partial charge in [-0.05, 0) is 122 Å². The Labute approximate surface area is 597 Å². The summed E-state index contributed by atoms with van der Waals surface area (Å²) in [5, 5.41) is 40.5. The molecule has 7 N–H and O–H groups in total. The van der Waals surface area contributed by atoms with E-state index in [0.717, 1.165) is 115 Å². The van der Waals surface area contributed by atoms with Crippen LogP contribution in [-0.4, -0.2) is 183 Å². The molecule has 0 aliphatic carbocycles. The number of nitrogens with one attached hydrogen (secondary N) is 7. The number of rotatable bonds is 56. The molecule has 1 aromatic heterocycles. The molecule has 13 unspecified atom stereocenters. The molecule has 5 rings (SSSR count). The van der Waals surface area contributed by atoms with Crippen LogP contribution in [0.2, 0.25) is 19.1 Å². The number of phosphoric acid groups is 2. The molecule has 5 heterocycles. The minimum atomic E-state index is -4.67. The Morgan fingerprint density at radius 3 is 2.00 bits per heavy atom. The summed E-state index contributed by atoms with van der Waals surface area (Å²) in [5.74, 6) is 2.20. The van der Waals surface area contributed by atoms with Gasteiger partial charge in [0.25, 0.3) is 8.01 Å². The molecule has 4 aliphatic rings. The molecular formula is C66H117BN11O17P2SSi. The number of urea groups is 1. The van der Waals surface area contributed by atoms with Crippen molar-refractivity contribution in [2.75, 3.05) is 90.0 Å². The Hall–Kier alpha value is -4.01. The van der Waals surface area contributed by atoms with Gasteiger partial charge in [0.05, 0.1) is 77.1 Å². The van der Waals surface area contributed by atoms with Crippen molar-refractivity contribution in [1.82, 2.24) is 41.5 Å². The SMILES string of the molecule is [3H][B]OCC1OC(n2cc(C)c(NCCCCCCNC(=O)CCCCCNC(=O)CCCCCNC(=O)CCCCC3SCC4NC(=O)NC43)nc2=O)CC1OP(=O)(OCCC#N)OCC1OC([3H])CC1OP(=O)(OCCC#N)OCCCNCCC[Si](C)(C)OC(C)(C(C)C)C(C)CC. The van der Waals surface area contributed by atoms with Gasteiger partial charge in [-0.3, -0.25) is 46.1 Å². The molecule has 0 bridgehead atoms. The third kappa shape index (κ3) is 31.5. The summed E-state index contributed by atoms with van der Waals surface area (Å²) in [4.78, 5) is 66.6. The average Bonchev–Trinajstić information content (AvgIpc) is 1.73. The predicted molar refractivity (Wildman–Crippen MR) is 384 cm³/mol. The highest BCUT2D eigenvalue weighted by Gasteiger charge is 2.47. The van der Waals surface area contributed by atoms with Crippen molar-refractivity contribution in [3.63, 3.8) is 0 Å². The van der Waals surface area contributed by atoms with Gasteiger partial charge >= 0.3 is 27.4 Å². The molecular weight excluding hydrogens is 1350 g/mol. The second-order valence-corrected chi connectivity index (χ2v) is 35.9. The number of carbonyl (C=O) groups is 4. The number of nitrogens with zero attached hydrogens (tertiary/aromatic N) is 4. The lowest BCUT2D eigenvalue weighted by atomic mass is 9.80. The molecule has 4 aliphatic heterocycles. The number of amides is 5. The van der Waals surface area contributed by atoms with E-state index < -0.39 is 73.5 Å². The molecule has 4 fully saturated rings. The summed E-state index contributed by atoms with van der Waals surface area (Å²) in [6.45, 7) is 18.3. The number of thioether (sulfide) groups is 1. The highest BCUT2D eigenvalue weighted by molar-refractivity contribution is 8.00. The number of aromatic nitrogens is 2. The monoisotopic (exact) mass is 1470 g/mol. The second-order valence-electron chi connectivity index (χ2n) is 27.1. The molecule has 0 spiro atoms. The molecule has 0 aromatic carbocycles. The van der Waals surface area contributed by atoms with Crippen LogP contribution in [0.3, 0.4) is 0 Å². The normalized spacial score (nSPS) is 23.7. The zero-order chi connectivity index (χ0) is 73.7. The van der Waals surface area contributed by atoms with Crippen molar-refractivity contribution in [2.24, 2.45) is 11.8 Å². The van der Waals surface area contributed by atoms with Gasteiger partial charge in [0.1, 0.15) is 36.5 Å². The molecule has 99 heavy (non-hydrogen) atoms. The average molecular weight is 1470 g/mol. The Morgan fingerprint density at radius 2 is 1.38 bits per heavy atom. The summed E-state index contributed by atoms with van der Waals surface area (Å²) < 4.78 is 105. The summed E-state index contributed by atoms with van der Waals surface area (Å²) in [5.41, 5.74) is -0.210. The molecule has 0 saturated carbocycles. The molecule has 1 radical (unpaired) electrons. The molecule has 561 valence electrons. The van der Waals surface area contributed by atoms with Gasteiger partial charge in [0, 0.05) is 89.0 Å². The van der Waals surface area contributed by atoms with E-state index in [1.54, 1.807) is 13.1 Å². The smallest absolute Gasteiger partial charge is 0.443 e. The van der Waals surface area contributed by atoms with Crippen molar-refractivity contribution in [3.05, 3.63) is 22.2 Å². The highest BCUT2D eigenvalue weighted by atomic mass is 32.2. The van der Waals surface area contributed by atoms with Crippen LogP contribution in [0.1, 0.15) is 195 Å². The van der Waals surface area contributed by atoms with E-state index in [2.05, 4.69) is 89.9 Å². The van der Waals surface area contributed by atoms with Crippen LogP contribution < -0.4 is 42.9 Å². The number of hydrogen-bond acceptors (Lipinski definition) is 23. The molecule has 1 aromatic rings. The van der Waals surface area contributed by atoms with Crippen LogP contribution in [0.15, 0.2) is 11.0 Å². The third-order valence-corrected chi connectivity index (χ3v) is 25.5. The lowest BCUT2D eigenvalue weighted by Crippen LogP contribution is -2.50. The summed E-state index contributed by atoms with van der Waals surface area (Å²) >= 11 is 1.89. The minimum absolute atomic E-state index is 0.000481. The van der Waals surface area contributed by atoms with Gasteiger partial charge in [-0.25, -0.2) is 18.7 Å². The number of aryl methyl sites for hydroxylation is 1. The second kappa shape index (κ2) is 46.0. The van der Waals surface area contributed by atoms with Crippen LogP contribution in [0.4, 0.5) is 10.6 Å². The van der Waals surface area contributed by atoms with E-state index in [0.29, 0.717) is 94.9 Å². The summed E-state index contributed by atoms with van der Waals surface area (Å²) in [6, 6.07) is 5.16. The fraction of sp³-hybridized carbons (Fsp3) is 0.848. The number of carbonyl (C=O) groups excluding carboxylic acids is 4. The van der Waals surface area contributed by atoms with Crippen LogP contribution >= 0.6 is 27.4 Å². The highest BCUT2D eigenvalue weighted by Crippen LogP contribution is 2.55. The predicted octanol–water partition coefficient (Wildman–Crippen LogP) is 9.56. The van der Waals surface area contributed by atoms with Gasteiger partial charge in [-0.1, -0.05) is 66.2 Å². The zero-order valence-corrected chi connectivity index (χ0v) is 63.6. The van der Waals surface area contributed by atoms with E-state index in [1.165, 1.54) is 4.57 Å². The van der Waals surface area contributed by atoms with E-state index in [4.69, 9.17) is 48.4 Å². The number of nitriles is 2. The Balaban J connectivity index is 0.959. The van der Waals surface area contributed by atoms with E-state index >= 15 is 0 Å². The number of ether oxygens (including phenoxy) is 2. The van der Waals surface area contributed by atoms with Crippen molar-refractivity contribution >= 4 is 73.3 Å². The molecule has 28 nitrogen and oxygen atoms in total. The van der Waals surface area contributed by atoms with Crippen LogP contribution in [0, 0.1) is 41.4 Å². The summed E-state index contributed by atoms with van der Waals surface area (Å²) in [6.07, 6.45) is 10.2. The standard InChI is InChI=1S/C66H117BN11O17P2SSi/c1-9-51(5)66(6,49(2)3)95-99(7,8)43-25-34-70-33-24-41-90-96(84,88-39-22-31-68)93-53-30-42-86-55(53)47-91-97(85,89-40-23-32-69)94-54-44-61(92-56(54)46-87-67)78-45-50(4)63(77-65(78)83)74-38-19-11-10-18-35-71-58(79)27-14-12-20-36-72-59(80)28-15-13-21-37-73-60(81)29-17-16-26-57-62-52(48-98-57)75-64(82)76-62/h45,49,51-57,61-62,67,70H,9-30,33-44,46-48H2,1-8H3,(H,71,79)(H,72,80)(H,73,81)(H,74,77,83)(H2,75,76,82)/i42T,67T. The maximum Gasteiger partial charge on any atom is 0.475 e. The molecule has 33 heteroatoms. The van der Waals surface area contributed by atoms with E-state index in [9.17, 15) is 43.6 Å². The first-order chi connectivity index (χ1) is 48.4. The van der Waals surface area contributed by atoms with E-state index in [-0.39, 0.29) is 93.5 Å². The largest absolute Gasteiger partial charge is 0.475 e. The third-order valence-electron chi connectivity index (χ3n) is 18.5. The molecule has 5 amide bonds. The Bertz CT molecular complexity index is 2920. The Kier molecular flexibility index (Phi) is 38.2. The number of fused-ring (bicyclic) bond motifs is 1. The lowest BCUT2D eigenvalue weighted by molar-refractivity contribution is -0.122. The first-order valence-electron chi connectivity index (χ1n) is 37.2. The number of phosphoric ester groups is 2. The van der Waals surface area contributed by atoms with Gasteiger partial charge in [-0.15, -0.1) is 0 Å².